The van der Waals surface area contributed by atoms with Gasteiger partial charge in [0.05, 0.1) is 19.3 Å². The Balaban J connectivity index is 1.35. The molecule has 1 amide bonds. The first-order valence-electron chi connectivity index (χ1n) is 11.2. The van der Waals surface area contributed by atoms with Gasteiger partial charge in [-0.3, -0.25) is 14.5 Å². The van der Waals surface area contributed by atoms with Crippen molar-refractivity contribution in [2.24, 2.45) is 5.73 Å². The Morgan fingerprint density at radius 2 is 2.03 bits per heavy atom. The molecule has 2 aromatic rings. The lowest BCUT2D eigenvalue weighted by molar-refractivity contribution is 0.0426. The van der Waals surface area contributed by atoms with Crippen molar-refractivity contribution in [1.82, 2.24) is 15.2 Å². The van der Waals surface area contributed by atoms with Gasteiger partial charge in [-0.15, -0.1) is 0 Å². The van der Waals surface area contributed by atoms with E-state index in [0.29, 0.717) is 16.6 Å². The molecule has 3 heterocycles. The number of H-pyrrole nitrogens is 1. The average Bonchev–Trinajstić information content (AvgIpc) is 3.01. The first-order chi connectivity index (χ1) is 15.6. The maximum absolute atomic E-state index is 12.8. The van der Waals surface area contributed by atoms with Crippen molar-refractivity contribution >= 4 is 16.8 Å². The maximum Gasteiger partial charge on any atom is 0.253 e. The number of rotatable bonds is 4. The van der Waals surface area contributed by atoms with E-state index in [1.807, 2.05) is 6.07 Å². The summed E-state index contributed by atoms with van der Waals surface area (Å²) in [7, 11) is 0. The fourth-order valence-corrected chi connectivity index (χ4v) is 4.71. The molecule has 1 fully saturated rings. The maximum atomic E-state index is 12.8. The molecule has 1 aromatic heterocycles. The molecule has 2 aliphatic heterocycles. The first kappa shape index (κ1) is 20.7. The van der Waals surface area contributed by atoms with Crippen LogP contribution in [-0.4, -0.2) is 48.6 Å². The number of benzene rings is 1. The third kappa shape index (κ3) is 4.26. The van der Waals surface area contributed by atoms with Crippen LogP contribution in [-0.2, 0) is 4.74 Å². The van der Waals surface area contributed by atoms with E-state index in [4.69, 9.17) is 10.5 Å². The lowest BCUT2D eigenvalue weighted by Crippen LogP contribution is -2.37. The number of carbonyl (C=O) groups is 1. The van der Waals surface area contributed by atoms with Crippen LogP contribution in [0.3, 0.4) is 0 Å². The SMILES string of the molecule is NC(=O)c1ccc2[nH]c(=O)c(C3CCC4=C(C=CC(CN5CCOCC5)=CC4)N3)cc2c1. The number of nitrogens with two attached hydrogens (primary N) is 1. The number of allylic oxidation sites excluding steroid dienone is 3. The smallest absolute Gasteiger partial charge is 0.253 e. The number of aromatic amines is 1. The molecule has 4 N–H and O–H groups in total. The van der Waals surface area contributed by atoms with Crippen molar-refractivity contribution < 1.29 is 9.53 Å². The van der Waals surface area contributed by atoms with Gasteiger partial charge in [0.1, 0.15) is 0 Å². The second kappa shape index (κ2) is 8.76. The van der Waals surface area contributed by atoms with Gasteiger partial charge in [-0.1, -0.05) is 12.2 Å². The van der Waals surface area contributed by atoms with Crippen LogP contribution in [0.15, 0.2) is 64.1 Å². The van der Waals surface area contributed by atoms with Gasteiger partial charge < -0.3 is 20.8 Å². The van der Waals surface area contributed by atoms with Crippen molar-refractivity contribution in [3.63, 3.8) is 0 Å². The molecule has 1 aliphatic carbocycles. The second-order valence-electron chi connectivity index (χ2n) is 8.68. The Morgan fingerprint density at radius 1 is 1.19 bits per heavy atom. The molecule has 0 radical (unpaired) electrons. The topological polar surface area (TPSA) is 100 Å². The van der Waals surface area contributed by atoms with E-state index < -0.39 is 5.91 Å². The number of amides is 1. The molecule has 1 unspecified atom stereocenters. The third-order valence-electron chi connectivity index (χ3n) is 6.56. The summed E-state index contributed by atoms with van der Waals surface area (Å²) in [6.45, 7) is 4.49. The zero-order chi connectivity index (χ0) is 22.1. The van der Waals surface area contributed by atoms with Gasteiger partial charge >= 0.3 is 0 Å². The zero-order valence-corrected chi connectivity index (χ0v) is 18.0. The minimum Gasteiger partial charge on any atom is -0.379 e. The summed E-state index contributed by atoms with van der Waals surface area (Å²) in [5.74, 6) is -0.478. The predicted octanol–water partition coefficient (Wildman–Crippen LogP) is 2.52. The van der Waals surface area contributed by atoms with Crippen LogP contribution < -0.4 is 16.6 Å². The van der Waals surface area contributed by atoms with Crippen molar-refractivity contribution in [2.45, 2.75) is 25.3 Å². The molecule has 1 atom stereocenters. The molecule has 1 saturated heterocycles. The van der Waals surface area contributed by atoms with Crippen LogP contribution in [0.5, 0.6) is 0 Å². The molecule has 1 aromatic carbocycles. The van der Waals surface area contributed by atoms with Crippen LogP contribution in [0.2, 0.25) is 0 Å². The highest BCUT2D eigenvalue weighted by Crippen LogP contribution is 2.32. The monoisotopic (exact) mass is 432 g/mol. The Kier molecular flexibility index (Phi) is 5.68. The largest absolute Gasteiger partial charge is 0.379 e. The summed E-state index contributed by atoms with van der Waals surface area (Å²) in [5.41, 5.74) is 10.9. The van der Waals surface area contributed by atoms with Gasteiger partial charge in [0.25, 0.3) is 5.56 Å². The Morgan fingerprint density at radius 3 is 2.84 bits per heavy atom. The second-order valence-corrected chi connectivity index (χ2v) is 8.68. The molecule has 7 heteroatoms. The number of hydrogen-bond donors (Lipinski definition) is 3. The molecular formula is C25H28N4O3. The first-order valence-corrected chi connectivity index (χ1v) is 11.2. The summed E-state index contributed by atoms with van der Waals surface area (Å²) >= 11 is 0. The highest BCUT2D eigenvalue weighted by Gasteiger charge is 2.24. The lowest BCUT2D eigenvalue weighted by Gasteiger charge is -2.28. The fraction of sp³-hybridized carbons (Fsp3) is 0.360. The summed E-state index contributed by atoms with van der Waals surface area (Å²) in [5, 5.41) is 4.40. The van der Waals surface area contributed by atoms with Gasteiger partial charge in [0.15, 0.2) is 0 Å². The van der Waals surface area contributed by atoms with E-state index in [9.17, 15) is 9.59 Å². The van der Waals surface area contributed by atoms with Crippen LogP contribution in [0.4, 0.5) is 0 Å². The number of aromatic nitrogens is 1. The molecule has 166 valence electrons. The molecule has 32 heavy (non-hydrogen) atoms. The van der Waals surface area contributed by atoms with Crippen molar-refractivity contribution in [3.05, 3.63) is 80.8 Å². The lowest BCUT2D eigenvalue weighted by atomic mass is 9.92. The van der Waals surface area contributed by atoms with Gasteiger partial charge in [-0.25, -0.2) is 0 Å². The van der Waals surface area contributed by atoms with Gasteiger partial charge in [-0.2, -0.15) is 0 Å². The molecule has 0 bridgehead atoms. The Labute approximate surface area is 186 Å². The third-order valence-corrected chi connectivity index (χ3v) is 6.56. The number of hydrogen-bond acceptors (Lipinski definition) is 5. The molecule has 7 nitrogen and oxygen atoms in total. The van der Waals surface area contributed by atoms with Gasteiger partial charge in [0, 0.05) is 42.0 Å². The van der Waals surface area contributed by atoms with E-state index in [2.05, 4.69) is 33.4 Å². The standard InChI is InChI=1S/C25H28N4O3/c26-24(30)18-5-7-22-19(13-18)14-20(25(31)28-22)23-8-4-17-3-1-16(2-6-21(17)27-23)15-29-9-11-32-12-10-29/h1-2,5-7,13-14,23,27H,3-4,8-12,15H2,(H2,26,30)(H,28,31). The zero-order valence-electron chi connectivity index (χ0n) is 18.0. The van der Waals surface area contributed by atoms with Crippen LogP contribution in [0.25, 0.3) is 10.9 Å². The van der Waals surface area contributed by atoms with E-state index in [1.54, 1.807) is 18.2 Å². The van der Waals surface area contributed by atoms with Gasteiger partial charge in [0.2, 0.25) is 5.91 Å². The van der Waals surface area contributed by atoms with Gasteiger partial charge in [-0.05, 0) is 66.1 Å². The number of primary amides is 1. The van der Waals surface area contributed by atoms with E-state index in [-0.39, 0.29) is 11.6 Å². The summed E-state index contributed by atoms with van der Waals surface area (Å²) < 4.78 is 5.45. The predicted molar refractivity (Wildman–Crippen MR) is 124 cm³/mol. The number of nitrogens with one attached hydrogen (secondary N) is 2. The van der Waals surface area contributed by atoms with Crippen LogP contribution >= 0.6 is 0 Å². The summed E-state index contributed by atoms with van der Waals surface area (Å²) in [4.78, 5) is 29.7. The van der Waals surface area contributed by atoms with E-state index in [0.717, 1.165) is 63.2 Å². The summed E-state index contributed by atoms with van der Waals surface area (Å²) in [6, 6.07) is 6.90. The molecule has 0 spiro atoms. The van der Waals surface area contributed by atoms with Crippen LogP contribution in [0.1, 0.15) is 41.2 Å². The van der Waals surface area contributed by atoms with Crippen molar-refractivity contribution in [2.75, 3.05) is 32.8 Å². The quantitative estimate of drug-likeness (QED) is 0.689. The molecule has 3 aliphatic rings. The number of carbonyl (C=O) groups excluding carboxylic acids is 1. The molecule has 5 rings (SSSR count). The van der Waals surface area contributed by atoms with Crippen molar-refractivity contribution in [1.29, 1.82) is 0 Å². The Bertz CT molecular complexity index is 1200. The highest BCUT2D eigenvalue weighted by atomic mass is 16.5. The Hall–Kier alpha value is -3.16. The molecular weight excluding hydrogens is 404 g/mol. The minimum absolute atomic E-state index is 0.0791. The number of fused-ring (bicyclic) bond motifs is 1. The normalized spacial score (nSPS) is 21.6. The number of morpholine rings is 1. The van der Waals surface area contributed by atoms with E-state index in [1.165, 1.54) is 11.1 Å². The number of pyridine rings is 1. The molecule has 0 saturated carbocycles. The van der Waals surface area contributed by atoms with E-state index >= 15 is 0 Å². The van der Waals surface area contributed by atoms with Crippen LogP contribution in [0, 0.1) is 0 Å². The fourth-order valence-electron chi connectivity index (χ4n) is 4.71. The number of nitrogens with zero attached hydrogens (tertiary/aromatic N) is 1. The summed E-state index contributed by atoms with van der Waals surface area (Å²) in [6.07, 6.45) is 9.39. The number of ether oxygens (including phenoxy) is 1. The van der Waals surface area contributed by atoms with Crippen molar-refractivity contribution in [3.8, 4) is 0 Å². The average molecular weight is 433 g/mol. The highest BCUT2D eigenvalue weighted by molar-refractivity contribution is 5.96. The minimum atomic E-state index is -0.478.